The lowest BCUT2D eigenvalue weighted by Crippen LogP contribution is -2.49. The molecule has 7 heteroatoms. The van der Waals surface area contributed by atoms with E-state index in [2.05, 4.69) is 16.1 Å². The Morgan fingerprint density at radius 2 is 1.96 bits per heavy atom. The molecule has 0 aliphatic carbocycles. The maximum absolute atomic E-state index is 12.5. The molecule has 1 amide bonds. The highest BCUT2D eigenvalue weighted by Crippen LogP contribution is 2.28. The van der Waals surface area contributed by atoms with Crippen molar-refractivity contribution in [2.45, 2.75) is 19.6 Å². The van der Waals surface area contributed by atoms with E-state index in [1.165, 1.54) is 0 Å². The van der Waals surface area contributed by atoms with Crippen LogP contribution in [0.15, 0.2) is 28.8 Å². The maximum atomic E-state index is 12.5. The smallest absolute Gasteiger partial charge is 0.232 e. The highest BCUT2D eigenvalue weighted by Gasteiger charge is 2.23. The van der Waals surface area contributed by atoms with Gasteiger partial charge < -0.3 is 19.1 Å². The van der Waals surface area contributed by atoms with Crippen molar-refractivity contribution in [1.29, 1.82) is 0 Å². The van der Waals surface area contributed by atoms with Crippen LogP contribution in [0, 0.1) is 13.8 Å². The molecule has 26 heavy (non-hydrogen) atoms. The van der Waals surface area contributed by atoms with Gasteiger partial charge in [0.1, 0.15) is 11.5 Å². The SMILES string of the molecule is COc1ccccc1N1CCN(C(=O)CSCc2c(C)noc2C)CC1. The van der Waals surface area contributed by atoms with Crippen molar-refractivity contribution >= 4 is 23.4 Å². The number of para-hydroxylation sites is 2. The third-order valence-electron chi connectivity index (χ3n) is 4.71. The van der Waals surface area contributed by atoms with Crippen LogP contribution < -0.4 is 9.64 Å². The van der Waals surface area contributed by atoms with Crippen LogP contribution in [-0.2, 0) is 10.5 Å². The quantitative estimate of drug-likeness (QED) is 0.774. The Morgan fingerprint density at radius 3 is 2.62 bits per heavy atom. The van der Waals surface area contributed by atoms with Crippen molar-refractivity contribution in [1.82, 2.24) is 10.1 Å². The molecule has 6 nitrogen and oxygen atoms in total. The fourth-order valence-corrected chi connectivity index (χ4v) is 4.20. The number of rotatable bonds is 6. The summed E-state index contributed by atoms with van der Waals surface area (Å²) in [5.41, 5.74) is 3.10. The second kappa shape index (κ2) is 8.49. The van der Waals surface area contributed by atoms with Crippen molar-refractivity contribution < 1.29 is 14.1 Å². The van der Waals surface area contributed by atoms with Crippen molar-refractivity contribution in [2.75, 3.05) is 43.9 Å². The topological polar surface area (TPSA) is 58.8 Å². The Hall–Kier alpha value is -2.15. The molecule has 3 rings (SSSR count). The van der Waals surface area contributed by atoms with Crippen LogP contribution >= 0.6 is 11.8 Å². The van der Waals surface area contributed by atoms with Crippen LogP contribution in [0.3, 0.4) is 0 Å². The minimum Gasteiger partial charge on any atom is -0.495 e. The third kappa shape index (κ3) is 4.15. The lowest BCUT2D eigenvalue weighted by molar-refractivity contribution is -0.128. The summed E-state index contributed by atoms with van der Waals surface area (Å²) in [4.78, 5) is 16.7. The number of anilines is 1. The fourth-order valence-electron chi connectivity index (χ4n) is 3.13. The van der Waals surface area contributed by atoms with Crippen molar-refractivity contribution in [3.8, 4) is 5.75 Å². The molecule has 1 fully saturated rings. The molecule has 0 N–H and O–H groups in total. The highest BCUT2D eigenvalue weighted by atomic mass is 32.2. The summed E-state index contributed by atoms with van der Waals surface area (Å²) >= 11 is 1.62. The summed E-state index contributed by atoms with van der Waals surface area (Å²) in [6.07, 6.45) is 0. The number of carbonyl (C=O) groups is 1. The largest absolute Gasteiger partial charge is 0.495 e. The van der Waals surface area contributed by atoms with Crippen LogP contribution in [0.1, 0.15) is 17.0 Å². The molecule has 140 valence electrons. The zero-order chi connectivity index (χ0) is 18.5. The van der Waals surface area contributed by atoms with Crippen molar-refractivity contribution in [3.63, 3.8) is 0 Å². The number of ether oxygens (including phenoxy) is 1. The maximum Gasteiger partial charge on any atom is 0.232 e. The summed E-state index contributed by atoms with van der Waals surface area (Å²) in [6.45, 7) is 6.97. The van der Waals surface area contributed by atoms with Gasteiger partial charge in [0.25, 0.3) is 0 Å². The Balaban J connectivity index is 1.48. The number of carbonyl (C=O) groups excluding carboxylic acids is 1. The predicted molar refractivity (Wildman–Crippen MR) is 104 cm³/mol. The molecule has 1 saturated heterocycles. The van der Waals surface area contributed by atoms with E-state index in [1.807, 2.05) is 36.9 Å². The second-order valence-corrected chi connectivity index (χ2v) is 7.32. The van der Waals surface area contributed by atoms with Crippen LogP contribution in [0.5, 0.6) is 5.75 Å². The van der Waals surface area contributed by atoms with E-state index in [1.54, 1.807) is 18.9 Å². The molecular weight excluding hydrogens is 350 g/mol. The van der Waals surface area contributed by atoms with E-state index < -0.39 is 0 Å². The van der Waals surface area contributed by atoms with Crippen LogP contribution in [-0.4, -0.2) is 55.0 Å². The third-order valence-corrected chi connectivity index (χ3v) is 5.66. The Bertz CT molecular complexity index is 735. The number of hydrogen-bond donors (Lipinski definition) is 0. The predicted octanol–water partition coefficient (Wildman–Crippen LogP) is 2.88. The molecule has 2 aromatic rings. The van der Waals surface area contributed by atoms with Gasteiger partial charge in [-0.1, -0.05) is 17.3 Å². The zero-order valence-corrected chi connectivity index (χ0v) is 16.3. The Kier molecular flexibility index (Phi) is 6.08. The molecule has 0 bridgehead atoms. The summed E-state index contributed by atoms with van der Waals surface area (Å²) in [5.74, 6) is 3.16. The van der Waals surface area contributed by atoms with Crippen LogP contribution in [0.2, 0.25) is 0 Å². The summed E-state index contributed by atoms with van der Waals surface area (Å²) in [5, 5.41) is 3.96. The summed E-state index contributed by atoms with van der Waals surface area (Å²) < 4.78 is 10.6. The average Bonchev–Trinajstić information content (AvgIpc) is 3.00. The zero-order valence-electron chi connectivity index (χ0n) is 15.5. The number of nitrogens with zero attached hydrogens (tertiary/aromatic N) is 3. The van der Waals surface area contributed by atoms with Gasteiger partial charge in [-0.2, -0.15) is 0 Å². The average molecular weight is 375 g/mol. The summed E-state index contributed by atoms with van der Waals surface area (Å²) in [6, 6.07) is 8.02. The molecule has 0 atom stereocenters. The molecular formula is C19H25N3O3S. The molecule has 0 unspecified atom stereocenters. The van der Waals surface area contributed by atoms with E-state index in [0.29, 0.717) is 5.75 Å². The first-order valence-corrected chi connectivity index (χ1v) is 9.91. The monoisotopic (exact) mass is 375 g/mol. The number of piperazine rings is 1. The van der Waals surface area contributed by atoms with E-state index >= 15 is 0 Å². The lowest BCUT2D eigenvalue weighted by atomic mass is 10.2. The number of amides is 1. The molecule has 1 aliphatic rings. The Labute approximate surface area is 158 Å². The van der Waals surface area contributed by atoms with Gasteiger partial charge in [-0.05, 0) is 26.0 Å². The minimum atomic E-state index is 0.196. The molecule has 2 heterocycles. The second-order valence-electron chi connectivity index (χ2n) is 6.34. The molecule has 1 aromatic heterocycles. The molecule has 0 saturated carbocycles. The van der Waals surface area contributed by atoms with Gasteiger partial charge in [0.2, 0.25) is 5.91 Å². The van der Waals surface area contributed by atoms with E-state index in [0.717, 1.165) is 60.4 Å². The number of aromatic nitrogens is 1. The van der Waals surface area contributed by atoms with E-state index in [4.69, 9.17) is 9.26 Å². The number of thioether (sulfide) groups is 1. The minimum absolute atomic E-state index is 0.196. The Morgan fingerprint density at radius 1 is 1.23 bits per heavy atom. The van der Waals surface area contributed by atoms with Gasteiger partial charge in [-0.15, -0.1) is 11.8 Å². The lowest BCUT2D eigenvalue weighted by Gasteiger charge is -2.36. The highest BCUT2D eigenvalue weighted by molar-refractivity contribution is 7.99. The first-order valence-electron chi connectivity index (χ1n) is 8.75. The van der Waals surface area contributed by atoms with Gasteiger partial charge in [0, 0.05) is 37.5 Å². The molecule has 0 spiro atoms. The molecule has 1 aliphatic heterocycles. The van der Waals surface area contributed by atoms with Gasteiger partial charge in [0.05, 0.1) is 24.2 Å². The molecule has 1 aromatic carbocycles. The number of hydrogen-bond acceptors (Lipinski definition) is 6. The fraction of sp³-hybridized carbons (Fsp3) is 0.474. The first-order chi connectivity index (χ1) is 12.6. The molecule has 0 radical (unpaired) electrons. The van der Waals surface area contributed by atoms with Gasteiger partial charge in [0.15, 0.2) is 0 Å². The first kappa shape index (κ1) is 18.6. The number of aryl methyl sites for hydroxylation is 2. The van der Waals surface area contributed by atoms with Gasteiger partial charge in [-0.25, -0.2) is 0 Å². The van der Waals surface area contributed by atoms with Crippen molar-refractivity contribution in [3.05, 3.63) is 41.3 Å². The van der Waals surface area contributed by atoms with Crippen molar-refractivity contribution in [2.24, 2.45) is 0 Å². The number of benzene rings is 1. The normalized spacial score (nSPS) is 14.6. The van der Waals surface area contributed by atoms with Crippen LogP contribution in [0.4, 0.5) is 5.69 Å². The van der Waals surface area contributed by atoms with E-state index in [-0.39, 0.29) is 5.91 Å². The number of methoxy groups -OCH3 is 1. The summed E-state index contributed by atoms with van der Waals surface area (Å²) in [7, 11) is 1.69. The van der Waals surface area contributed by atoms with Gasteiger partial charge in [-0.3, -0.25) is 4.79 Å². The van der Waals surface area contributed by atoms with Gasteiger partial charge >= 0.3 is 0 Å². The standard InChI is InChI=1S/C19H25N3O3S/c1-14-16(15(2)25-20-14)12-26-13-19(23)22-10-8-21(9-11-22)17-6-4-5-7-18(17)24-3/h4-7H,8-13H2,1-3H3. The van der Waals surface area contributed by atoms with E-state index in [9.17, 15) is 4.79 Å². The van der Waals surface area contributed by atoms with Crippen LogP contribution in [0.25, 0.3) is 0 Å².